The minimum Gasteiger partial charge on any atom is -0.483 e. The largest absolute Gasteiger partial charge is 0.483 e. The third kappa shape index (κ3) is 21.4. The SMILES string of the molecule is C=C/C=C(\C=C/CCC/C(C)=C(\CCC)N=C(C)CC)c1ccccc1/C(=N/O)NC=O.CC.CC=O.CCCC(Oc1ccc(C)cc1)C(C)=O. The third-order valence-corrected chi connectivity index (χ3v) is 7.43. The molecule has 0 saturated heterocycles. The van der Waals surface area contributed by atoms with Gasteiger partial charge in [0.1, 0.15) is 12.0 Å². The molecule has 0 bridgehead atoms. The van der Waals surface area contributed by atoms with Crippen molar-refractivity contribution in [1.82, 2.24) is 5.32 Å². The van der Waals surface area contributed by atoms with E-state index in [2.05, 4.69) is 57.7 Å². The Balaban J connectivity index is 0. The molecule has 0 aromatic heterocycles. The second-order valence-electron chi connectivity index (χ2n) is 11.6. The number of oxime groups is 1. The van der Waals surface area contributed by atoms with Crippen LogP contribution in [-0.4, -0.2) is 41.3 Å². The lowest BCUT2D eigenvalue weighted by Crippen LogP contribution is -2.24. The molecule has 2 N–H and O–H groups in total. The van der Waals surface area contributed by atoms with E-state index >= 15 is 0 Å². The Morgan fingerprint density at radius 3 is 2.08 bits per heavy atom. The van der Waals surface area contributed by atoms with Gasteiger partial charge in [0.25, 0.3) is 0 Å². The Morgan fingerprint density at radius 2 is 1.58 bits per heavy atom. The zero-order valence-electron chi connectivity index (χ0n) is 33.5. The van der Waals surface area contributed by atoms with Crippen molar-refractivity contribution in [1.29, 1.82) is 0 Å². The van der Waals surface area contributed by atoms with E-state index in [1.54, 1.807) is 19.1 Å². The molecule has 0 heterocycles. The number of nitrogens with zero attached hydrogens (tertiary/aromatic N) is 2. The van der Waals surface area contributed by atoms with E-state index in [4.69, 9.17) is 14.5 Å². The monoisotopic (exact) mass is 715 g/mol. The number of ketones is 1. The molecule has 2 rings (SSSR count). The first kappa shape index (κ1) is 49.3. The van der Waals surface area contributed by atoms with Gasteiger partial charge < -0.3 is 20.1 Å². The lowest BCUT2D eigenvalue weighted by Gasteiger charge is -2.15. The molecule has 0 radical (unpaired) electrons. The molecule has 8 heteroatoms. The van der Waals surface area contributed by atoms with Crippen molar-refractivity contribution in [2.75, 3.05) is 0 Å². The summed E-state index contributed by atoms with van der Waals surface area (Å²) in [6, 6.07) is 15.2. The predicted molar refractivity (Wildman–Crippen MR) is 220 cm³/mol. The summed E-state index contributed by atoms with van der Waals surface area (Å²) in [6.45, 7) is 23.5. The standard InChI is InChI=1S/C27H37N3O2.C13H18O2.C2H4O.C2H6/c1-6-14-23(24-18-12-13-19-25(24)27(30-32)28-20-31)17-11-9-10-16-21(4)26(15-7-2)29-22(5)8-3;1-4-5-13(11(3)14)15-12-8-6-10(2)7-9-12;1-2-3;1-2/h6,11-14,17-20,32H,1,7-10,15-16H2,2-5H3,(H,28,30,31);6-9,13H,4-5H2,1-3H3;2H,1H3;1-2H3/b17-11-,23-14+,26-21+,29-22?;;;. The third-order valence-electron chi connectivity index (χ3n) is 7.43. The van der Waals surface area contributed by atoms with Crippen molar-refractivity contribution in [3.05, 3.63) is 107 Å². The van der Waals surface area contributed by atoms with E-state index in [0.29, 0.717) is 12.0 Å². The van der Waals surface area contributed by atoms with Crippen LogP contribution in [0.3, 0.4) is 0 Å². The summed E-state index contributed by atoms with van der Waals surface area (Å²) < 4.78 is 5.62. The minimum absolute atomic E-state index is 0.0948. The fourth-order valence-electron chi connectivity index (χ4n) is 4.66. The molecule has 1 unspecified atom stereocenters. The first-order chi connectivity index (χ1) is 25.1. The van der Waals surface area contributed by atoms with E-state index in [1.807, 2.05) is 75.4 Å². The molecular weight excluding hydrogens is 651 g/mol. The minimum atomic E-state index is -0.294. The summed E-state index contributed by atoms with van der Waals surface area (Å²) in [6.07, 6.45) is 16.6. The van der Waals surface area contributed by atoms with Gasteiger partial charge in [0, 0.05) is 17.0 Å². The number of aryl methyl sites for hydroxylation is 1. The number of nitrogens with one attached hydrogen (secondary N) is 1. The molecule has 1 amide bonds. The van der Waals surface area contributed by atoms with Crippen LogP contribution < -0.4 is 10.1 Å². The van der Waals surface area contributed by atoms with Gasteiger partial charge in [-0.3, -0.25) is 14.6 Å². The topological polar surface area (TPSA) is 117 Å². The van der Waals surface area contributed by atoms with E-state index in [1.165, 1.54) is 29.5 Å². The summed E-state index contributed by atoms with van der Waals surface area (Å²) in [7, 11) is 0. The van der Waals surface area contributed by atoms with Gasteiger partial charge in [0.15, 0.2) is 17.7 Å². The van der Waals surface area contributed by atoms with Crippen molar-refractivity contribution in [2.24, 2.45) is 10.1 Å². The summed E-state index contributed by atoms with van der Waals surface area (Å²) in [5.74, 6) is 0.970. The number of benzene rings is 2. The zero-order chi connectivity index (χ0) is 39.7. The van der Waals surface area contributed by atoms with E-state index in [9.17, 15) is 14.8 Å². The van der Waals surface area contributed by atoms with Crippen molar-refractivity contribution < 1.29 is 24.3 Å². The van der Waals surface area contributed by atoms with Crippen LogP contribution in [0.25, 0.3) is 5.57 Å². The molecule has 0 fully saturated rings. The van der Waals surface area contributed by atoms with Crippen molar-refractivity contribution in [3.8, 4) is 5.75 Å². The maximum atomic E-state index is 11.3. The predicted octanol–water partition coefficient (Wildman–Crippen LogP) is 11.2. The molecule has 1 atom stereocenters. The van der Waals surface area contributed by atoms with Gasteiger partial charge in [0.2, 0.25) is 6.41 Å². The van der Waals surface area contributed by atoms with Crippen LogP contribution >= 0.6 is 0 Å². The average Bonchev–Trinajstić information content (AvgIpc) is 3.15. The molecule has 52 heavy (non-hydrogen) atoms. The Labute approximate surface area is 314 Å². The summed E-state index contributed by atoms with van der Waals surface area (Å²) >= 11 is 0. The van der Waals surface area contributed by atoms with Crippen LogP contribution in [-0.2, 0) is 14.4 Å². The zero-order valence-corrected chi connectivity index (χ0v) is 33.5. The van der Waals surface area contributed by atoms with Crippen LogP contribution in [0, 0.1) is 6.92 Å². The number of carbonyl (C=O) groups is 3. The molecule has 0 aliphatic rings. The van der Waals surface area contributed by atoms with Crippen molar-refractivity contribution >= 4 is 35.6 Å². The van der Waals surface area contributed by atoms with Crippen LogP contribution in [0.2, 0.25) is 0 Å². The fraction of sp³-hybridized carbons (Fsp3) is 0.432. The fourth-order valence-corrected chi connectivity index (χ4v) is 4.66. The second kappa shape index (κ2) is 32.1. The number of hydrogen-bond acceptors (Lipinski definition) is 7. The number of hydrogen-bond donors (Lipinski definition) is 2. The molecule has 2 aromatic carbocycles. The summed E-state index contributed by atoms with van der Waals surface area (Å²) in [5.41, 5.74) is 7.37. The first-order valence-corrected chi connectivity index (χ1v) is 18.4. The lowest BCUT2D eigenvalue weighted by molar-refractivity contribution is -0.123. The van der Waals surface area contributed by atoms with E-state index < -0.39 is 0 Å². The smallest absolute Gasteiger partial charge is 0.212 e. The van der Waals surface area contributed by atoms with Crippen molar-refractivity contribution in [3.63, 3.8) is 0 Å². The maximum absolute atomic E-state index is 11.3. The molecule has 8 nitrogen and oxygen atoms in total. The number of Topliss-reactive ketones (excluding diaryl/α,β-unsaturated/α-hetero) is 1. The van der Waals surface area contributed by atoms with Gasteiger partial charge in [-0.2, -0.15) is 0 Å². The number of carbonyl (C=O) groups excluding carboxylic acids is 3. The van der Waals surface area contributed by atoms with Crippen LogP contribution in [0.15, 0.2) is 101 Å². The van der Waals surface area contributed by atoms with Gasteiger partial charge in [-0.05, 0) is 96.4 Å². The Bertz CT molecular complexity index is 1470. The number of amidine groups is 1. The van der Waals surface area contributed by atoms with Gasteiger partial charge >= 0.3 is 0 Å². The van der Waals surface area contributed by atoms with E-state index in [0.717, 1.165) is 74.5 Å². The molecule has 0 aliphatic heterocycles. The highest BCUT2D eigenvalue weighted by molar-refractivity contribution is 6.07. The number of aldehydes is 1. The highest BCUT2D eigenvalue weighted by Gasteiger charge is 2.14. The number of ether oxygens (including phenoxy) is 1. The van der Waals surface area contributed by atoms with Gasteiger partial charge in [0.05, 0.1) is 0 Å². The molecular formula is C44H65N3O5. The van der Waals surface area contributed by atoms with Crippen LogP contribution in [0.4, 0.5) is 0 Å². The summed E-state index contributed by atoms with van der Waals surface area (Å²) in [5, 5.41) is 15.0. The number of unbranched alkanes of at least 4 members (excludes halogenated alkanes) is 1. The lowest BCUT2D eigenvalue weighted by atomic mass is 9.97. The number of allylic oxidation sites excluding steroid dienone is 7. The summed E-state index contributed by atoms with van der Waals surface area (Å²) in [4.78, 5) is 35.8. The van der Waals surface area contributed by atoms with Gasteiger partial charge in [-0.1, -0.05) is 131 Å². The maximum Gasteiger partial charge on any atom is 0.212 e. The molecule has 0 spiro atoms. The number of aliphatic imine (C=N–C) groups is 1. The van der Waals surface area contributed by atoms with Gasteiger partial charge in [-0.15, -0.1) is 0 Å². The highest BCUT2D eigenvalue weighted by atomic mass is 16.5. The van der Waals surface area contributed by atoms with Crippen LogP contribution in [0.1, 0.15) is 130 Å². The quantitative estimate of drug-likeness (QED) is 0.0303. The average molecular weight is 716 g/mol. The second-order valence-corrected chi connectivity index (χ2v) is 11.6. The number of rotatable bonds is 18. The Morgan fingerprint density at radius 1 is 0.962 bits per heavy atom. The Kier molecular flexibility index (Phi) is 30.4. The molecule has 0 saturated carbocycles. The van der Waals surface area contributed by atoms with E-state index in [-0.39, 0.29) is 17.7 Å². The van der Waals surface area contributed by atoms with Gasteiger partial charge in [-0.25, -0.2) is 0 Å². The first-order valence-electron chi connectivity index (χ1n) is 18.4. The molecule has 0 aliphatic carbocycles. The van der Waals surface area contributed by atoms with Crippen LogP contribution in [0.5, 0.6) is 5.75 Å². The van der Waals surface area contributed by atoms with Crippen molar-refractivity contribution in [2.45, 2.75) is 127 Å². The molecule has 286 valence electrons. The highest BCUT2D eigenvalue weighted by Crippen LogP contribution is 2.23. The molecule has 2 aromatic rings. The number of amides is 1. The normalized spacial score (nSPS) is 12.4. The Hall–Kier alpha value is -4.85.